The van der Waals surface area contributed by atoms with Crippen LogP contribution in [0, 0.1) is 0 Å². The molecule has 2 aromatic carbocycles. The number of fused-ring (bicyclic) bond motifs is 2. The van der Waals surface area contributed by atoms with E-state index in [1.807, 2.05) is 42.5 Å². The van der Waals surface area contributed by atoms with Crippen LogP contribution in [0.3, 0.4) is 0 Å². The van der Waals surface area contributed by atoms with E-state index in [4.69, 9.17) is 16.3 Å². The number of benzene rings is 2. The van der Waals surface area contributed by atoms with Gasteiger partial charge in [-0.15, -0.1) is 11.3 Å². The number of thiazole rings is 1. The highest BCUT2D eigenvalue weighted by Gasteiger charge is 2.38. The molecule has 10 heteroatoms. The number of aromatic amines is 1. The van der Waals surface area contributed by atoms with E-state index in [1.165, 1.54) is 11.3 Å². The highest BCUT2D eigenvalue weighted by atomic mass is 35.5. The quantitative estimate of drug-likeness (QED) is 0.306. The standard InChI is InChI=1S/C29H30ClN5O3S/c1-35-10-9-22-26(15-35)39-29(34-22)28(37)33-24-14-20(38-16-17-5-3-2-4-6-17)13-23(24)32-27(36)25-12-18-11-19(30)7-8-21(18)31-25/h2-8,11-12,20,23-24,31H,9-10,13-16H2,1H3,(H,32,36)(H,33,37)/t20?,23-,24-/m1/s1. The summed E-state index contributed by atoms with van der Waals surface area (Å²) >= 11 is 7.57. The van der Waals surface area contributed by atoms with Crippen LogP contribution in [0.5, 0.6) is 0 Å². The topological polar surface area (TPSA) is 99.3 Å². The molecule has 202 valence electrons. The Bertz CT molecular complexity index is 1500. The number of carbonyl (C=O) groups is 2. The van der Waals surface area contributed by atoms with Crippen molar-refractivity contribution in [3.05, 3.63) is 86.5 Å². The van der Waals surface area contributed by atoms with Gasteiger partial charge in [0.2, 0.25) is 0 Å². The average Bonchev–Trinajstić information content (AvgIpc) is 3.64. The molecule has 1 saturated carbocycles. The smallest absolute Gasteiger partial charge is 0.280 e. The fraction of sp³-hybridized carbons (Fsp3) is 0.345. The molecule has 1 unspecified atom stereocenters. The van der Waals surface area contributed by atoms with E-state index in [1.54, 1.807) is 12.1 Å². The maximum Gasteiger partial charge on any atom is 0.280 e. The summed E-state index contributed by atoms with van der Waals surface area (Å²) in [5, 5.41) is 8.25. The molecule has 8 nitrogen and oxygen atoms in total. The number of likely N-dealkylation sites (N-methyl/N-ethyl adjacent to an activating group) is 1. The average molecular weight is 564 g/mol. The van der Waals surface area contributed by atoms with Crippen LogP contribution in [0.4, 0.5) is 0 Å². The van der Waals surface area contributed by atoms with Crippen molar-refractivity contribution in [1.82, 2.24) is 25.5 Å². The Morgan fingerprint density at radius 2 is 1.87 bits per heavy atom. The number of rotatable bonds is 7. The summed E-state index contributed by atoms with van der Waals surface area (Å²) in [5.74, 6) is -0.437. The fourth-order valence-electron chi connectivity index (χ4n) is 5.36. The van der Waals surface area contributed by atoms with Gasteiger partial charge in [-0.2, -0.15) is 0 Å². The Kier molecular flexibility index (Phi) is 7.40. The van der Waals surface area contributed by atoms with Gasteiger partial charge in [-0.1, -0.05) is 41.9 Å². The van der Waals surface area contributed by atoms with Crippen molar-refractivity contribution in [3.8, 4) is 0 Å². The molecule has 0 saturated heterocycles. The first-order valence-corrected chi connectivity index (χ1v) is 14.3. The maximum atomic E-state index is 13.3. The molecule has 1 fully saturated rings. The lowest BCUT2D eigenvalue weighted by molar-refractivity contribution is 0.0428. The van der Waals surface area contributed by atoms with Gasteiger partial charge in [-0.25, -0.2) is 4.98 Å². The predicted molar refractivity (Wildman–Crippen MR) is 152 cm³/mol. The number of nitrogens with zero attached hydrogens (tertiary/aromatic N) is 2. The molecule has 0 spiro atoms. The van der Waals surface area contributed by atoms with Crippen LogP contribution in [0.25, 0.3) is 10.9 Å². The SMILES string of the molecule is CN1CCc2nc(C(=O)N[C@@H]3CC(OCc4ccccc4)C[C@H]3NC(=O)c3cc4cc(Cl)ccc4[nH]3)sc2C1. The Balaban J connectivity index is 1.17. The summed E-state index contributed by atoms with van der Waals surface area (Å²) in [6, 6.07) is 16.7. The molecule has 3 heterocycles. The van der Waals surface area contributed by atoms with Crippen LogP contribution in [0.1, 0.15) is 49.3 Å². The van der Waals surface area contributed by atoms with Crippen molar-refractivity contribution in [3.63, 3.8) is 0 Å². The third-order valence-corrected chi connectivity index (χ3v) is 8.74. The molecule has 2 aromatic heterocycles. The zero-order valence-corrected chi connectivity index (χ0v) is 23.1. The molecule has 4 aromatic rings. The summed E-state index contributed by atoms with van der Waals surface area (Å²) in [6.45, 7) is 2.23. The lowest BCUT2D eigenvalue weighted by Crippen LogP contribution is -2.48. The van der Waals surface area contributed by atoms with Crippen molar-refractivity contribution in [2.45, 2.75) is 50.6 Å². The van der Waals surface area contributed by atoms with Crippen LogP contribution >= 0.6 is 22.9 Å². The highest BCUT2D eigenvalue weighted by molar-refractivity contribution is 7.13. The number of nitrogens with one attached hydrogen (secondary N) is 3. The molecular weight excluding hydrogens is 534 g/mol. The Morgan fingerprint density at radius 3 is 2.67 bits per heavy atom. The van der Waals surface area contributed by atoms with Crippen molar-refractivity contribution in [1.29, 1.82) is 0 Å². The van der Waals surface area contributed by atoms with E-state index in [0.717, 1.165) is 46.5 Å². The van der Waals surface area contributed by atoms with Gasteiger partial charge in [0, 0.05) is 40.3 Å². The van der Waals surface area contributed by atoms with E-state index in [2.05, 4.69) is 32.5 Å². The lowest BCUT2D eigenvalue weighted by atomic mass is 10.1. The van der Waals surface area contributed by atoms with Gasteiger partial charge in [-0.3, -0.25) is 9.59 Å². The maximum absolute atomic E-state index is 13.3. The molecule has 6 rings (SSSR count). The second-order valence-corrected chi connectivity index (χ2v) is 11.9. The van der Waals surface area contributed by atoms with E-state index < -0.39 is 0 Å². The van der Waals surface area contributed by atoms with Crippen LogP contribution < -0.4 is 10.6 Å². The molecule has 0 radical (unpaired) electrons. The van der Waals surface area contributed by atoms with Gasteiger partial charge in [-0.05, 0) is 49.7 Å². The Hall–Kier alpha value is -3.24. The van der Waals surface area contributed by atoms with Crippen LogP contribution in [-0.2, 0) is 24.3 Å². The number of ether oxygens (including phenoxy) is 1. The number of hydrogen-bond donors (Lipinski definition) is 3. The minimum Gasteiger partial charge on any atom is -0.373 e. The number of amides is 2. The second kappa shape index (κ2) is 11.1. The van der Waals surface area contributed by atoms with E-state index >= 15 is 0 Å². The van der Waals surface area contributed by atoms with Gasteiger partial charge >= 0.3 is 0 Å². The number of aromatic nitrogens is 2. The molecule has 1 aliphatic heterocycles. The summed E-state index contributed by atoms with van der Waals surface area (Å²) < 4.78 is 6.22. The fourth-order valence-corrected chi connectivity index (χ4v) is 6.63. The molecule has 39 heavy (non-hydrogen) atoms. The van der Waals surface area contributed by atoms with Gasteiger partial charge < -0.3 is 25.3 Å². The first kappa shape index (κ1) is 26.0. The number of hydrogen-bond acceptors (Lipinski definition) is 6. The highest BCUT2D eigenvalue weighted by Crippen LogP contribution is 2.28. The number of H-pyrrole nitrogens is 1. The largest absolute Gasteiger partial charge is 0.373 e. The summed E-state index contributed by atoms with van der Waals surface area (Å²) in [7, 11) is 2.07. The molecule has 3 N–H and O–H groups in total. The Morgan fingerprint density at radius 1 is 1.10 bits per heavy atom. The van der Waals surface area contributed by atoms with Crippen molar-refractivity contribution >= 4 is 45.7 Å². The van der Waals surface area contributed by atoms with Crippen molar-refractivity contribution in [2.24, 2.45) is 0 Å². The van der Waals surface area contributed by atoms with Crippen LogP contribution in [0.15, 0.2) is 54.6 Å². The first-order chi connectivity index (χ1) is 18.9. The summed E-state index contributed by atoms with van der Waals surface area (Å²) in [4.78, 5) is 37.7. The monoisotopic (exact) mass is 563 g/mol. The number of carbonyl (C=O) groups excluding carboxylic acids is 2. The van der Waals surface area contributed by atoms with Gasteiger partial charge in [0.15, 0.2) is 5.01 Å². The predicted octanol–water partition coefficient (Wildman–Crippen LogP) is 4.54. The van der Waals surface area contributed by atoms with Crippen LogP contribution in [0.2, 0.25) is 5.02 Å². The lowest BCUT2D eigenvalue weighted by Gasteiger charge is -2.21. The van der Waals surface area contributed by atoms with Gasteiger partial charge in [0.1, 0.15) is 5.69 Å². The molecular formula is C29H30ClN5O3S. The van der Waals surface area contributed by atoms with E-state index in [-0.39, 0.29) is 30.0 Å². The molecule has 2 aliphatic rings. The minimum atomic E-state index is -0.294. The minimum absolute atomic E-state index is 0.111. The third kappa shape index (κ3) is 5.86. The molecule has 0 bridgehead atoms. The molecule has 1 aliphatic carbocycles. The first-order valence-electron chi connectivity index (χ1n) is 13.1. The zero-order chi connectivity index (χ0) is 26.9. The summed E-state index contributed by atoms with van der Waals surface area (Å²) in [6.07, 6.45) is 1.93. The normalized spacial score (nSPS) is 21.1. The van der Waals surface area contributed by atoms with Gasteiger partial charge in [0.25, 0.3) is 11.8 Å². The Labute approximate surface area is 235 Å². The van der Waals surface area contributed by atoms with E-state index in [0.29, 0.717) is 35.2 Å². The van der Waals surface area contributed by atoms with Gasteiger partial charge in [0.05, 0.1) is 30.5 Å². The van der Waals surface area contributed by atoms with Crippen LogP contribution in [-0.4, -0.2) is 58.5 Å². The van der Waals surface area contributed by atoms with Crippen molar-refractivity contribution < 1.29 is 14.3 Å². The molecule has 2 amide bonds. The second-order valence-electron chi connectivity index (χ2n) is 10.3. The zero-order valence-electron chi connectivity index (χ0n) is 21.6. The van der Waals surface area contributed by atoms with E-state index in [9.17, 15) is 9.59 Å². The third-order valence-electron chi connectivity index (χ3n) is 7.42. The molecule has 3 atom stereocenters. The summed E-state index contributed by atoms with van der Waals surface area (Å²) in [5.41, 5.74) is 3.38. The van der Waals surface area contributed by atoms with Crippen molar-refractivity contribution in [2.75, 3.05) is 13.6 Å². The number of halogens is 1.